The number of allylic oxidation sites excluding steroid dienone is 2. The van der Waals surface area contributed by atoms with Crippen molar-refractivity contribution in [3.05, 3.63) is 29.5 Å². The highest BCUT2D eigenvalue weighted by Crippen LogP contribution is 2.26. The third-order valence-electron chi connectivity index (χ3n) is 1.90. The molecule has 1 rings (SSSR count). The number of carbonyl (C=O) groups excluding carboxylic acids is 1. The zero-order chi connectivity index (χ0) is 13.2. The van der Waals surface area contributed by atoms with E-state index >= 15 is 0 Å². The highest BCUT2D eigenvalue weighted by Gasteiger charge is 2.34. The van der Waals surface area contributed by atoms with Gasteiger partial charge in [-0.15, -0.1) is 5.76 Å². The molecule has 4 nitrogen and oxygen atoms in total. The summed E-state index contributed by atoms with van der Waals surface area (Å²) in [4.78, 5) is 17.3. The summed E-state index contributed by atoms with van der Waals surface area (Å²) in [7, 11) is 0. The first-order chi connectivity index (χ1) is 7.73. The molecule has 0 atom stereocenters. The molecule has 0 saturated heterocycles. The zero-order valence-electron chi connectivity index (χ0n) is 9.00. The number of Topliss-reactive ketones (excluding diaryl/α,β-unsaturated/α-hetero) is 1. The summed E-state index contributed by atoms with van der Waals surface area (Å²) in [5.74, 6) is -2.39. The van der Waals surface area contributed by atoms with E-state index in [0.717, 1.165) is 26.2 Å². The molecule has 92 valence electrons. The van der Waals surface area contributed by atoms with E-state index in [1.54, 1.807) is 0 Å². The van der Waals surface area contributed by atoms with E-state index in [2.05, 4.69) is 9.97 Å². The number of rotatable bonds is 2. The lowest BCUT2D eigenvalue weighted by atomic mass is 10.1. The van der Waals surface area contributed by atoms with Gasteiger partial charge in [0, 0.05) is 23.5 Å². The number of halogens is 3. The highest BCUT2D eigenvalue weighted by molar-refractivity contribution is 6.19. The van der Waals surface area contributed by atoms with Crippen molar-refractivity contribution in [1.29, 1.82) is 0 Å². The van der Waals surface area contributed by atoms with Crippen LogP contribution in [-0.2, 0) is 11.0 Å². The van der Waals surface area contributed by atoms with Crippen molar-refractivity contribution in [3.63, 3.8) is 0 Å². The molecule has 0 bridgehead atoms. The van der Waals surface area contributed by atoms with E-state index < -0.39 is 23.5 Å². The monoisotopic (exact) mass is 245 g/mol. The Kier molecular flexibility index (Phi) is 3.50. The van der Waals surface area contributed by atoms with E-state index in [9.17, 15) is 23.1 Å². The lowest BCUT2D eigenvalue weighted by molar-refractivity contribution is -0.300. The van der Waals surface area contributed by atoms with Crippen LogP contribution in [0.25, 0.3) is 5.57 Å². The van der Waals surface area contributed by atoms with Crippen LogP contribution in [0.4, 0.5) is 13.2 Å². The van der Waals surface area contributed by atoms with Gasteiger partial charge in [0.2, 0.25) is 5.82 Å². The van der Waals surface area contributed by atoms with E-state index in [4.69, 9.17) is 0 Å². The zero-order valence-corrected chi connectivity index (χ0v) is 9.00. The fourth-order valence-electron chi connectivity index (χ4n) is 1.26. The predicted octanol–water partition coefficient (Wildman–Crippen LogP) is 1.18. The first-order valence-corrected chi connectivity index (χ1v) is 4.52. The van der Waals surface area contributed by atoms with Crippen molar-refractivity contribution in [3.8, 4) is 0 Å². The molecule has 0 aliphatic rings. The first-order valence-electron chi connectivity index (χ1n) is 4.52. The average Bonchev–Trinajstić information content (AvgIpc) is 2.15. The van der Waals surface area contributed by atoms with Gasteiger partial charge in [0.1, 0.15) is 0 Å². The first kappa shape index (κ1) is 13.1. The number of aromatic nitrogens is 2. The largest absolute Gasteiger partial charge is 0.875 e. The lowest BCUT2D eigenvalue weighted by Gasteiger charge is -2.13. The Morgan fingerprint density at radius 1 is 1.24 bits per heavy atom. The van der Waals surface area contributed by atoms with Gasteiger partial charge in [-0.3, -0.25) is 4.79 Å². The molecule has 1 aromatic heterocycles. The summed E-state index contributed by atoms with van der Waals surface area (Å²) in [6, 6.07) is 0. The van der Waals surface area contributed by atoms with Crippen LogP contribution in [0.3, 0.4) is 0 Å². The average molecular weight is 245 g/mol. The second-order valence-electron chi connectivity index (χ2n) is 3.28. The van der Waals surface area contributed by atoms with Crippen molar-refractivity contribution in [2.45, 2.75) is 20.0 Å². The van der Waals surface area contributed by atoms with E-state index in [0.29, 0.717) is 0 Å². The molecule has 0 unspecified atom stereocenters. The molecule has 0 aliphatic carbocycles. The fraction of sp³-hybridized carbons (Fsp3) is 0.300. The van der Waals surface area contributed by atoms with Crippen molar-refractivity contribution in [2.24, 2.45) is 0 Å². The van der Waals surface area contributed by atoms with Crippen LogP contribution in [0.15, 0.2) is 18.2 Å². The summed E-state index contributed by atoms with van der Waals surface area (Å²) in [5, 5.41) is 11.1. The van der Waals surface area contributed by atoms with Gasteiger partial charge in [0.25, 0.3) is 0 Å². The Morgan fingerprint density at radius 2 is 1.71 bits per heavy atom. The van der Waals surface area contributed by atoms with Gasteiger partial charge >= 0.3 is 6.18 Å². The van der Waals surface area contributed by atoms with Gasteiger partial charge in [0.15, 0.2) is 5.78 Å². The van der Waals surface area contributed by atoms with Crippen LogP contribution in [0.5, 0.6) is 0 Å². The lowest BCUT2D eigenvalue weighted by Crippen LogP contribution is -2.13. The summed E-state index contributed by atoms with van der Waals surface area (Å²) in [5.41, 5.74) is -0.225. The fourth-order valence-corrected chi connectivity index (χ4v) is 1.26. The van der Waals surface area contributed by atoms with Crippen LogP contribution in [0.1, 0.15) is 25.2 Å². The normalized spacial score (nSPS) is 13.2. The van der Waals surface area contributed by atoms with Crippen LogP contribution in [0.2, 0.25) is 0 Å². The molecule has 0 amide bonds. The molecule has 0 aromatic carbocycles. The second-order valence-corrected chi connectivity index (χ2v) is 3.28. The molecular weight excluding hydrogens is 237 g/mol. The standard InChI is InChI=1S/C10H9F3N2O2/c1-5(16)8(6(2)17)7-3-14-9(15-4-7)10(11,12)13/h3-4,16H,1-2H3/p-1/b8-5+. The highest BCUT2D eigenvalue weighted by atomic mass is 19.4. The molecule has 0 saturated carbocycles. The minimum Gasteiger partial charge on any atom is -0.875 e. The number of hydrogen-bond donors (Lipinski definition) is 0. The van der Waals surface area contributed by atoms with Gasteiger partial charge < -0.3 is 5.11 Å². The smallest absolute Gasteiger partial charge is 0.451 e. The Morgan fingerprint density at radius 3 is 2.00 bits per heavy atom. The summed E-state index contributed by atoms with van der Waals surface area (Å²) in [6.45, 7) is 2.29. The van der Waals surface area contributed by atoms with Gasteiger partial charge in [-0.25, -0.2) is 9.97 Å². The molecule has 1 aromatic rings. The number of hydrogen-bond acceptors (Lipinski definition) is 4. The number of ketones is 1. The van der Waals surface area contributed by atoms with E-state index in [-0.39, 0.29) is 11.1 Å². The van der Waals surface area contributed by atoms with Crippen molar-refractivity contribution >= 4 is 11.4 Å². The van der Waals surface area contributed by atoms with Crippen LogP contribution in [0, 0.1) is 0 Å². The molecule has 7 heteroatoms. The maximum Gasteiger partial charge on any atom is 0.451 e. The minimum absolute atomic E-state index is 0.0157. The molecule has 1 heterocycles. The predicted molar refractivity (Wildman–Crippen MR) is 50.3 cm³/mol. The second kappa shape index (κ2) is 4.52. The molecule has 0 fully saturated rings. The Labute approximate surface area is 94.8 Å². The van der Waals surface area contributed by atoms with E-state index in [1.165, 1.54) is 0 Å². The Bertz CT molecular complexity index is 459. The van der Waals surface area contributed by atoms with Gasteiger partial charge in [-0.2, -0.15) is 13.2 Å². The third kappa shape index (κ3) is 3.02. The number of alkyl halides is 3. The summed E-state index contributed by atoms with van der Waals surface area (Å²) < 4.78 is 36.5. The molecule has 0 aliphatic heterocycles. The minimum atomic E-state index is -4.65. The van der Waals surface area contributed by atoms with Crippen molar-refractivity contribution < 1.29 is 23.1 Å². The van der Waals surface area contributed by atoms with Crippen LogP contribution < -0.4 is 5.11 Å². The van der Waals surface area contributed by atoms with E-state index in [1.807, 2.05) is 0 Å². The maximum atomic E-state index is 12.2. The third-order valence-corrected chi connectivity index (χ3v) is 1.90. The maximum absolute atomic E-state index is 12.2. The van der Waals surface area contributed by atoms with Crippen molar-refractivity contribution in [2.75, 3.05) is 0 Å². The summed E-state index contributed by atoms with van der Waals surface area (Å²) in [6.07, 6.45) is -3.02. The molecule has 0 spiro atoms. The number of carbonyl (C=O) groups is 1. The SMILES string of the molecule is CC(=O)/C(=C(/C)[O-])c1cnc(C(F)(F)F)nc1. The van der Waals surface area contributed by atoms with Crippen LogP contribution in [-0.4, -0.2) is 15.8 Å². The van der Waals surface area contributed by atoms with Gasteiger partial charge in [-0.05, 0) is 6.92 Å². The van der Waals surface area contributed by atoms with Crippen molar-refractivity contribution in [1.82, 2.24) is 9.97 Å². The number of nitrogens with zero attached hydrogens (tertiary/aromatic N) is 2. The molecule has 0 radical (unpaired) electrons. The van der Waals surface area contributed by atoms with Gasteiger partial charge in [0.05, 0.1) is 0 Å². The Hall–Kier alpha value is -1.92. The molecule has 0 N–H and O–H groups in total. The van der Waals surface area contributed by atoms with Crippen LogP contribution >= 0.6 is 0 Å². The van der Waals surface area contributed by atoms with Gasteiger partial charge in [-0.1, -0.05) is 6.92 Å². The molecular formula is C10H8F3N2O2-. The topological polar surface area (TPSA) is 65.9 Å². The molecule has 17 heavy (non-hydrogen) atoms. The summed E-state index contributed by atoms with van der Waals surface area (Å²) >= 11 is 0. The quantitative estimate of drug-likeness (QED) is 0.579. The Balaban J connectivity index is 3.19.